The quantitative estimate of drug-likeness (QED) is 0.790. The summed E-state index contributed by atoms with van der Waals surface area (Å²) in [7, 11) is 3.62. The molecule has 0 saturated carbocycles. The average molecular weight is 283 g/mol. The summed E-state index contributed by atoms with van der Waals surface area (Å²) in [6, 6.07) is 2.06. The molecule has 6 nitrogen and oxygen atoms in total. The number of nitrogens with zero attached hydrogens (tertiary/aromatic N) is 4. The molecule has 0 amide bonds. The van der Waals surface area contributed by atoms with Crippen LogP contribution in [0.25, 0.3) is 16.6 Å². The second-order valence-corrected chi connectivity index (χ2v) is 5.45. The first-order chi connectivity index (χ1) is 10.3. The van der Waals surface area contributed by atoms with Crippen LogP contribution in [0, 0.1) is 0 Å². The molecule has 1 N–H and O–H groups in total. The van der Waals surface area contributed by atoms with Crippen molar-refractivity contribution < 1.29 is 4.74 Å². The normalized spacial score (nSPS) is 15.3. The fourth-order valence-corrected chi connectivity index (χ4v) is 2.80. The van der Waals surface area contributed by atoms with Crippen LogP contribution < -0.4 is 10.1 Å². The first-order valence-corrected chi connectivity index (χ1v) is 7.01. The minimum atomic E-state index is 0.528. The Morgan fingerprint density at radius 2 is 2.05 bits per heavy atom. The van der Waals surface area contributed by atoms with Crippen LogP contribution in [0.5, 0.6) is 5.75 Å². The molecule has 4 rings (SSSR count). The summed E-state index contributed by atoms with van der Waals surface area (Å²) in [4.78, 5) is 0. The molecule has 0 aliphatic carbocycles. The number of aromatic nitrogens is 4. The highest BCUT2D eigenvalue weighted by atomic mass is 16.5. The van der Waals surface area contributed by atoms with Gasteiger partial charge in [-0.1, -0.05) is 0 Å². The first-order valence-electron chi connectivity index (χ1n) is 7.01. The van der Waals surface area contributed by atoms with Gasteiger partial charge in [-0.25, -0.2) is 4.52 Å². The molecule has 21 heavy (non-hydrogen) atoms. The molecule has 1 aliphatic rings. The second-order valence-electron chi connectivity index (χ2n) is 5.45. The van der Waals surface area contributed by atoms with E-state index in [4.69, 9.17) is 4.74 Å². The Kier molecular flexibility index (Phi) is 2.71. The summed E-state index contributed by atoms with van der Waals surface area (Å²) in [5.41, 5.74) is 4.42. The molecule has 1 saturated heterocycles. The molecular weight excluding hydrogens is 266 g/mol. The molecule has 0 bridgehead atoms. The van der Waals surface area contributed by atoms with Crippen LogP contribution >= 0.6 is 0 Å². The number of pyridine rings is 1. The highest BCUT2D eigenvalue weighted by molar-refractivity contribution is 5.73. The van der Waals surface area contributed by atoms with Gasteiger partial charge in [-0.15, -0.1) is 0 Å². The first kappa shape index (κ1) is 12.4. The highest BCUT2D eigenvalue weighted by Gasteiger charge is 2.24. The molecule has 3 aromatic rings. The van der Waals surface area contributed by atoms with Crippen LogP contribution in [0.15, 0.2) is 30.9 Å². The van der Waals surface area contributed by atoms with Gasteiger partial charge in [0.25, 0.3) is 0 Å². The highest BCUT2D eigenvalue weighted by Crippen LogP contribution is 2.33. The number of methoxy groups -OCH3 is 1. The molecule has 1 aliphatic heterocycles. The SMILES string of the molecule is COc1cc(-c2cnn(C)c2)cn2ncc(C3CNC3)c12. The third-order valence-corrected chi connectivity index (χ3v) is 4.08. The van der Waals surface area contributed by atoms with Crippen molar-refractivity contribution in [1.29, 1.82) is 0 Å². The van der Waals surface area contributed by atoms with Gasteiger partial charge in [0, 0.05) is 55.1 Å². The Morgan fingerprint density at radius 3 is 2.67 bits per heavy atom. The Morgan fingerprint density at radius 1 is 1.19 bits per heavy atom. The molecule has 0 aromatic carbocycles. The molecule has 0 radical (unpaired) electrons. The fourth-order valence-electron chi connectivity index (χ4n) is 2.80. The van der Waals surface area contributed by atoms with Gasteiger partial charge in [0.05, 0.1) is 19.5 Å². The lowest BCUT2D eigenvalue weighted by Gasteiger charge is -2.26. The van der Waals surface area contributed by atoms with Gasteiger partial charge in [0.2, 0.25) is 0 Å². The van der Waals surface area contributed by atoms with Crippen LogP contribution in [0.3, 0.4) is 0 Å². The van der Waals surface area contributed by atoms with E-state index in [1.807, 2.05) is 36.4 Å². The Bertz CT molecular complexity index is 800. The number of hydrogen-bond donors (Lipinski definition) is 1. The maximum Gasteiger partial charge on any atom is 0.145 e. The summed E-state index contributed by atoms with van der Waals surface area (Å²) >= 11 is 0. The van der Waals surface area contributed by atoms with E-state index in [9.17, 15) is 0 Å². The minimum absolute atomic E-state index is 0.528. The average Bonchev–Trinajstić information content (AvgIpc) is 3.03. The summed E-state index contributed by atoms with van der Waals surface area (Å²) < 4.78 is 9.31. The number of hydrogen-bond acceptors (Lipinski definition) is 4. The topological polar surface area (TPSA) is 56.4 Å². The number of ether oxygens (including phenoxy) is 1. The standard InChI is InChI=1S/C15H17N5O/c1-19-8-12(6-17-19)10-3-14(21-2)15-13(11-4-16-5-11)7-18-20(15)9-10/h3,6-9,11,16H,4-5H2,1-2H3. The van der Waals surface area contributed by atoms with Crippen molar-refractivity contribution in [3.8, 4) is 16.9 Å². The zero-order chi connectivity index (χ0) is 14.4. The van der Waals surface area contributed by atoms with Crippen molar-refractivity contribution in [2.45, 2.75) is 5.92 Å². The van der Waals surface area contributed by atoms with E-state index in [1.54, 1.807) is 11.8 Å². The van der Waals surface area contributed by atoms with Crippen molar-refractivity contribution in [1.82, 2.24) is 24.7 Å². The monoisotopic (exact) mass is 283 g/mol. The van der Waals surface area contributed by atoms with E-state index in [0.29, 0.717) is 5.92 Å². The van der Waals surface area contributed by atoms with Crippen molar-refractivity contribution >= 4 is 5.52 Å². The predicted octanol–water partition coefficient (Wildman–Crippen LogP) is 1.43. The number of rotatable bonds is 3. The largest absolute Gasteiger partial charge is 0.494 e. The van der Waals surface area contributed by atoms with Crippen LogP contribution in [0.2, 0.25) is 0 Å². The predicted molar refractivity (Wildman–Crippen MR) is 79.6 cm³/mol. The molecule has 108 valence electrons. The van der Waals surface area contributed by atoms with Gasteiger partial charge in [0.15, 0.2) is 0 Å². The van der Waals surface area contributed by atoms with Gasteiger partial charge in [-0.2, -0.15) is 10.2 Å². The molecule has 3 aromatic heterocycles. The van der Waals surface area contributed by atoms with Gasteiger partial charge in [-0.3, -0.25) is 4.68 Å². The van der Waals surface area contributed by atoms with Gasteiger partial charge < -0.3 is 10.1 Å². The minimum Gasteiger partial charge on any atom is -0.494 e. The third kappa shape index (κ3) is 1.91. The zero-order valence-corrected chi connectivity index (χ0v) is 12.1. The summed E-state index contributed by atoms with van der Waals surface area (Å²) in [5.74, 6) is 1.39. The van der Waals surface area contributed by atoms with Gasteiger partial charge in [-0.05, 0) is 6.07 Å². The van der Waals surface area contributed by atoms with E-state index in [-0.39, 0.29) is 0 Å². The van der Waals surface area contributed by atoms with Crippen molar-refractivity contribution in [3.63, 3.8) is 0 Å². The maximum absolute atomic E-state index is 5.61. The molecule has 0 unspecified atom stereocenters. The van der Waals surface area contributed by atoms with Crippen LogP contribution in [-0.4, -0.2) is 39.6 Å². The lowest BCUT2D eigenvalue weighted by atomic mass is 9.94. The van der Waals surface area contributed by atoms with Crippen molar-refractivity contribution in [2.75, 3.05) is 20.2 Å². The lowest BCUT2D eigenvalue weighted by molar-refractivity contribution is 0.415. The van der Waals surface area contributed by atoms with Crippen LogP contribution in [-0.2, 0) is 7.05 Å². The smallest absolute Gasteiger partial charge is 0.145 e. The summed E-state index contributed by atoms with van der Waals surface area (Å²) in [6.07, 6.45) is 7.82. The van der Waals surface area contributed by atoms with E-state index in [0.717, 1.165) is 35.5 Å². The number of aryl methyl sites for hydroxylation is 1. The van der Waals surface area contributed by atoms with Crippen molar-refractivity contribution in [3.05, 3.63) is 36.4 Å². The van der Waals surface area contributed by atoms with E-state index in [2.05, 4.69) is 21.6 Å². The summed E-state index contributed by atoms with van der Waals surface area (Å²) in [5, 5.41) is 12.0. The van der Waals surface area contributed by atoms with E-state index in [1.165, 1.54) is 5.56 Å². The van der Waals surface area contributed by atoms with Gasteiger partial charge in [0.1, 0.15) is 11.3 Å². The van der Waals surface area contributed by atoms with Crippen LogP contribution in [0.4, 0.5) is 0 Å². The molecular formula is C15H17N5O. The molecule has 0 spiro atoms. The van der Waals surface area contributed by atoms with E-state index >= 15 is 0 Å². The molecule has 0 atom stereocenters. The Hall–Kier alpha value is -2.34. The molecule has 6 heteroatoms. The lowest BCUT2D eigenvalue weighted by Crippen LogP contribution is -2.39. The maximum atomic E-state index is 5.61. The molecule has 1 fully saturated rings. The number of fused-ring (bicyclic) bond motifs is 1. The van der Waals surface area contributed by atoms with Gasteiger partial charge >= 0.3 is 0 Å². The third-order valence-electron chi connectivity index (χ3n) is 4.08. The second kappa shape index (κ2) is 4.60. The Balaban J connectivity index is 1.89. The summed E-state index contributed by atoms with van der Waals surface area (Å²) in [6.45, 7) is 2.02. The molecule has 4 heterocycles. The zero-order valence-electron chi connectivity index (χ0n) is 12.1. The Labute approximate surface area is 122 Å². The fraction of sp³-hybridized carbons (Fsp3) is 0.333. The number of nitrogens with one attached hydrogen (secondary N) is 1. The van der Waals surface area contributed by atoms with E-state index < -0.39 is 0 Å². The van der Waals surface area contributed by atoms with Crippen LogP contribution in [0.1, 0.15) is 11.5 Å². The van der Waals surface area contributed by atoms with Crippen molar-refractivity contribution in [2.24, 2.45) is 7.05 Å².